The normalized spacial score (nSPS) is 16.7. The minimum absolute atomic E-state index is 0.288. The maximum absolute atomic E-state index is 11.9. The molecule has 23 heavy (non-hydrogen) atoms. The van der Waals surface area contributed by atoms with Crippen molar-refractivity contribution in [2.45, 2.75) is 25.3 Å². The molecule has 0 radical (unpaired) electrons. The van der Waals surface area contributed by atoms with Gasteiger partial charge in [0.25, 0.3) is 0 Å². The van der Waals surface area contributed by atoms with Gasteiger partial charge in [-0.3, -0.25) is 9.69 Å². The fourth-order valence-corrected chi connectivity index (χ4v) is 3.07. The number of amides is 1. The van der Waals surface area contributed by atoms with Gasteiger partial charge in [0.2, 0.25) is 5.91 Å². The number of para-hydroxylation sites is 1. The highest BCUT2D eigenvalue weighted by molar-refractivity contribution is 5.81. The molecule has 2 aromatic rings. The summed E-state index contributed by atoms with van der Waals surface area (Å²) in [6, 6.07) is 16.9. The minimum atomic E-state index is -0.346. The summed E-state index contributed by atoms with van der Waals surface area (Å²) >= 11 is 0. The Labute approximate surface area is 136 Å². The molecule has 0 spiro atoms. The maximum atomic E-state index is 11.9. The lowest BCUT2D eigenvalue weighted by molar-refractivity contribution is -0.123. The highest BCUT2D eigenvalue weighted by Gasteiger charge is 2.26. The number of hydrogen-bond acceptors (Lipinski definition) is 3. The van der Waals surface area contributed by atoms with Gasteiger partial charge in [-0.15, -0.1) is 0 Å². The van der Waals surface area contributed by atoms with Crippen molar-refractivity contribution in [2.24, 2.45) is 5.73 Å². The number of carbonyl (C=O) groups excluding carboxylic acids is 1. The number of hydrogen-bond donors (Lipinski definition) is 1. The van der Waals surface area contributed by atoms with Gasteiger partial charge in [0.1, 0.15) is 17.5 Å². The summed E-state index contributed by atoms with van der Waals surface area (Å²) in [5.41, 5.74) is 6.58. The van der Waals surface area contributed by atoms with Gasteiger partial charge in [0.05, 0.1) is 0 Å². The Morgan fingerprint density at radius 2 is 1.52 bits per heavy atom. The van der Waals surface area contributed by atoms with Crippen LogP contribution in [0.5, 0.6) is 11.5 Å². The second-order valence-electron chi connectivity index (χ2n) is 5.89. The average molecular weight is 310 g/mol. The van der Waals surface area contributed by atoms with E-state index in [4.69, 9.17) is 10.5 Å². The van der Waals surface area contributed by atoms with Gasteiger partial charge in [-0.05, 0) is 55.8 Å². The molecule has 3 rings (SSSR count). The predicted molar refractivity (Wildman–Crippen MR) is 90.3 cm³/mol. The second kappa shape index (κ2) is 7.29. The van der Waals surface area contributed by atoms with Crippen LogP contribution in [0.4, 0.5) is 0 Å². The highest BCUT2D eigenvalue weighted by atomic mass is 16.5. The van der Waals surface area contributed by atoms with Crippen LogP contribution in [0.1, 0.15) is 30.9 Å². The molecular formula is C19H22N2O2. The Hall–Kier alpha value is -2.33. The van der Waals surface area contributed by atoms with Crippen LogP contribution in [-0.2, 0) is 4.79 Å². The van der Waals surface area contributed by atoms with Crippen molar-refractivity contribution in [3.63, 3.8) is 0 Å². The molecule has 120 valence electrons. The first-order chi connectivity index (χ1) is 11.2. The summed E-state index contributed by atoms with van der Waals surface area (Å²) in [7, 11) is 0. The molecule has 1 saturated heterocycles. The number of rotatable bonds is 5. The van der Waals surface area contributed by atoms with E-state index in [-0.39, 0.29) is 11.9 Å². The van der Waals surface area contributed by atoms with Crippen molar-refractivity contribution >= 4 is 5.91 Å². The van der Waals surface area contributed by atoms with Gasteiger partial charge in [0, 0.05) is 0 Å². The van der Waals surface area contributed by atoms with Gasteiger partial charge < -0.3 is 10.5 Å². The van der Waals surface area contributed by atoms with Gasteiger partial charge >= 0.3 is 0 Å². The summed E-state index contributed by atoms with van der Waals surface area (Å²) in [5, 5.41) is 0. The average Bonchev–Trinajstić information content (AvgIpc) is 2.58. The quantitative estimate of drug-likeness (QED) is 0.919. The van der Waals surface area contributed by atoms with Crippen LogP contribution < -0.4 is 10.5 Å². The van der Waals surface area contributed by atoms with Crippen molar-refractivity contribution in [1.29, 1.82) is 0 Å². The van der Waals surface area contributed by atoms with Gasteiger partial charge in [-0.25, -0.2) is 0 Å². The van der Waals surface area contributed by atoms with E-state index in [1.807, 2.05) is 54.6 Å². The fraction of sp³-hybridized carbons (Fsp3) is 0.316. The van der Waals surface area contributed by atoms with Crippen LogP contribution in [0.2, 0.25) is 0 Å². The van der Waals surface area contributed by atoms with E-state index in [0.717, 1.165) is 43.0 Å². The third-order valence-electron chi connectivity index (χ3n) is 4.20. The van der Waals surface area contributed by atoms with Crippen LogP contribution >= 0.6 is 0 Å². The van der Waals surface area contributed by atoms with Crippen LogP contribution in [-0.4, -0.2) is 23.9 Å². The molecule has 1 aliphatic heterocycles. The summed E-state index contributed by atoms with van der Waals surface area (Å²) in [6.45, 7) is 1.85. The SMILES string of the molecule is NC(=O)C(c1ccc(Oc2ccccc2)cc1)N1CCCCC1. The van der Waals surface area contributed by atoms with Crippen LogP contribution in [0.3, 0.4) is 0 Å². The molecule has 0 bridgehead atoms. The zero-order chi connectivity index (χ0) is 16.1. The van der Waals surface area contributed by atoms with E-state index in [1.165, 1.54) is 6.42 Å². The fourth-order valence-electron chi connectivity index (χ4n) is 3.07. The first-order valence-electron chi connectivity index (χ1n) is 8.10. The molecule has 1 heterocycles. The zero-order valence-corrected chi connectivity index (χ0v) is 13.2. The molecule has 0 aromatic heterocycles. The number of carbonyl (C=O) groups is 1. The highest BCUT2D eigenvalue weighted by Crippen LogP contribution is 2.27. The van der Waals surface area contributed by atoms with Crippen LogP contribution in [0.25, 0.3) is 0 Å². The van der Waals surface area contributed by atoms with Crippen molar-refractivity contribution in [2.75, 3.05) is 13.1 Å². The number of benzene rings is 2. The van der Waals surface area contributed by atoms with E-state index in [2.05, 4.69) is 4.90 Å². The number of primary amides is 1. The molecule has 2 N–H and O–H groups in total. The summed E-state index contributed by atoms with van der Waals surface area (Å²) < 4.78 is 5.79. The molecule has 4 nitrogen and oxygen atoms in total. The second-order valence-corrected chi connectivity index (χ2v) is 5.89. The monoisotopic (exact) mass is 310 g/mol. The lowest BCUT2D eigenvalue weighted by Crippen LogP contribution is -2.40. The Morgan fingerprint density at radius 3 is 2.13 bits per heavy atom. The van der Waals surface area contributed by atoms with E-state index in [0.29, 0.717) is 0 Å². The minimum Gasteiger partial charge on any atom is -0.457 e. The molecule has 1 fully saturated rings. The molecule has 1 atom stereocenters. The van der Waals surface area contributed by atoms with Crippen LogP contribution in [0.15, 0.2) is 54.6 Å². The number of likely N-dealkylation sites (tertiary alicyclic amines) is 1. The summed E-state index contributed by atoms with van der Waals surface area (Å²) in [5.74, 6) is 1.26. The molecule has 1 amide bonds. The first-order valence-corrected chi connectivity index (χ1v) is 8.10. The van der Waals surface area contributed by atoms with Crippen molar-refractivity contribution in [3.8, 4) is 11.5 Å². The molecular weight excluding hydrogens is 288 g/mol. The lowest BCUT2D eigenvalue weighted by Gasteiger charge is -2.32. The Kier molecular flexibility index (Phi) is 4.93. The predicted octanol–water partition coefficient (Wildman–Crippen LogP) is 3.49. The Morgan fingerprint density at radius 1 is 0.913 bits per heavy atom. The molecule has 2 aromatic carbocycles. The molecule has 4 heteroatoms. The third-order valence-corrected chi connectivity index (χ3v) is 4.20. The van der Waals surface area contributed by atoms with E-state index in [1.54, 1.807) is 0 Å². The smallest absolute Gasteiger partial charge is 0.239 e. The van der Waals surface area contributed by atoms with Crippen molar-refractivity contribution < 1.29 is 9.53 Å². The third kappa shape index (κ3) is 3.90. The van der Waals surface area contributed by atoms with Gasteiger partial charge in [0.15, 0.2) is 0 Å². The maximum Gasteiger partial charge on any atom is 0.239 e. The molecule has 0 aliphatic carbocycles. The Balaban J connectivity index is 1.75. The summed E-state index contributed by atoms with van der Waals surface area (Å²) in [6.07, 6.45) is 3.48. The molecule has 0 saturated carbocycles. The van der Waals surface area contributed by atoms with Crippen LogP contribution in [0, 0.1) is 0 Å². The number of nitrogens with two attached hydrogens (primary N) is 1. The van der Waals surface area contributed by atoms with Crippen molar-refractivity contribution in [1.82, 2.24) is 4.90 Å². The van der Waals surface area contributed by atoms with Gasteiger partial charge in [-0.1, -0.05) is 36.8 Å². The largest absolute Gasteiger partial charge is 0.457 e. The standard InChI is InChI=1S/C19H22N2O2/c20-19(22)18(21-13-5-2-6-14-21)15-9-11-17(12-10-15)23-16-7-3-1-4-8-16/h1,3-4,7-12,18H,2,5-6,13-14H2,(H2,20,22). The lowest BCUT2D eigenvalue weighted by atomic mass is 10.0. The van der Waals surface area contributed by atoms with Crippen molar-refractivity contribution in [3.05, 3.63) is 60.2 Å². The van der Waals surface area contributed by atoms with E-state index in [9.17, 15) is 4.79 Å². The molecule has 1 aliphatic rings. The first kappa shape index (κ1) is 15.6. The number of piperidine rings is 1. The topological polar surface area (TPSA) is 55.6 Å². The van der Waals surface area contributed by atoms with Gasteiger partial charge in [-0.2, -0.15) is 0 Å². The van der Waals surface area contributed by atoms with E-state index < -0.39 is 0 Å². The summed E-state index contributed by atoms with van der Waals surface area (Å²) in [4.78, 5) is 14.1. The number of ether oxygens (including phenoxy) is 1. The number of nitrogens with zero attached hydrogens (tertiary/aromatic N) is 1. The van der Waals surface area contributed by atoms with E-state index >= 15 is 0 Å². The molecule has 1 unspecified atom stereocenters. The zero-order valence-electron chi connectivity index (χ0n) is 13.2. The Bertz CT molecular complexity index is 634.